The number of hydrogen-bond donors (Lipinski definition) is 2. The van der Waals surface area contributed by atoms with Gasteiger partial charge in [0.2, 0.25) is 0 Å². The molecule has 0 aliphatic carbocycles. The van der Waals surface area contributed by atoms with Crippen molar-refractivity contribution in [1.29, 1.82) is 0 Å². The standard InChI is InChI=1S/C14H13F2N3O2/c1-21-13-11(15)5-10(6-12(13)16)19-14(20)18-8-9-3-2-4-17-7-9/h2-7H,8H2,1H3,(H2,18,19,20). The second kappa shape index (κ2) is 6.65. The van der Waals surface area contributed by atoms with Crippen molar-refractivity contribution in [1.82, 2.24) is 10.3 Å². The molecule has 7 heteroatoms. The molecule has 1 aromatic heterocycles. The molecule has 0 fully saturated rings. The maximum atomic E-state index is 13.5. The summed E-state index contributed by atoms with van der Waals surface area (Å²) >= 11 is 0. The highest BCUT2D eigenvalue weighted by molar-refractivity contribution is 5.89. The number of amides is 2. The van der Waals surface area contributed by atoms with Gasteiger partial charge in [0.1, 0.15) is 0 Å². The highest BCUT2D eigenvalue weighted by atomic mass is 19.1. The number of ether oxygens (including phenoxy) is 1. The zero-order valence-corrected chi connectivity index (χ0v) is 11.2. The summed E-state index contributed by atoms with van der Waals surface area (Å²) in [6.45, 7) is 0.251. The lowest BCUT2D eigenvalue weighted by Crippen LogP contribution is -2.28. The Balaban J connectivity index is 1.97. The second-order valence-corrected chi connectivity index (χ2v) is 4.14. The molecule has 2 rings (SSSR count). The van der Waals surface area contributed by atoms with Crippen molar-refractivity contribution >= 4 is 11.7 Å². The highest BCUT2D eigenvalue weighted by Gasteiger charge is 2.12. The first-order chi connectivity index (χ1) is 10.1. The molecule has 1 heterocycles. The van der Waals surface area contributed by atoms with Gasteiger partial charge in [0.15, 0.2) is 17.4 Å². The number of halogens is 2. The molecule has 21 heavy (non-hydrogen) atoms. The zero-order chi connectivity index (χ0) is 15.2. The van der Waals surface area contributed by atoms with Crippen molar-refractivity contribution in [3.05, 3.63) is 53.9 Å². The Kier molecular flexibility index (Phi) is 4.65. The minimum absolute atomic E-state index is 0.00510. The van der Waals surface area contributed by atoms with Gasteiger partial charge in [-0.05, 0) is 11.6 Å². The first-order valence-corrected chi connectivity index (χ1v) is 6.07. The Morgan fingerprint density at radius 3 is 2.62 bits per heavy atom. The topological polar surface area (TPSA) is 63.2 Å². The van der Waals surface area contributed by atoms with Crippen molar-refractivity contribution in [2.75, 3.05) is 12.4 Å². The molecule has 0 spiro atoms. The number of methoxy groups -OCH3 is 1. The fourth-order valence-electron chi connectivity index (χ4n) is 1.69. The van der Waals surface area contributed by atoms with Gasteiger partial charge < -0.3 is 15.4 Å². The number of hydrogen-bond acceptors (Lipinski definition) is 3. The van der Waals surface area contributed by atoms with Crippen LogP contribution in [0.2, 0.25) is 0 Å². The molecule has 0 aliphatic rings. The van der Waals surface area contributed by atoms with Gasteiger partial charge in [-0.3, -0.25) is 4.98 Å². The molecule has 0 bridgehead atoms. The lowest BCUT2D eigenvalue weighted by atomic mass is 10.2. The summed E-state index contributed by atoms with van der Waals surface area (Å²) in [6.07, 6.45) is 3.22. The van der Waals surface area contributed by atoms with Crippen LogP contribution in [0.15, 0.2) is 36.7 Å². The van der Waals surface area contributed by atoms with Gasteiger partial charge in [0.05, 0.1) is 7.11 Å². The third-order valence-corrected chi connectivity index (χ3v) is 2.64. The number of nitrogens with zero attached hydrogens (tertiary/aromatic N) is 1. The molecule has 0 aliphatic heterocycles. The molecule has 2 aromatic rings. The van der Waals surface area contributed by atoms with Crippen molar-refractivity contribution in [3.63, 3.8) is 0 Å². The maximum absolute atomic E-state index is 13.5. The lowest BCUT2D eigenvalue weighted by molar-refractivity contribution is 0.251. The van der Waals surface area contributed by atoms with E-state index >= 15 is 0 Å². The maximum Gasteiger partial charge on any atom is 0.319 e. The van der Waals surface area contributed by atoms with E-state index in [9.17, 15) is 13.6 Å². The van der Waals surface area contributed by atoms with Crippen molar-refractivity contribution < 1.29 is 18.3 Å². The number of carbonyl (C=O) groups excluding carboxylic acids is 1. The van der Waals surface area contributed by atoms with E-state index in [1.807, 2.05) is 0 Å². The van der Waals surface area contributed by atoms with Crippen LogP contribution in [0.3, 0.4) is 0 Å². The number of nitrogens with one attached hydrogen (secondary N) is 2. The molecule has 5 nitrogen and oxygen atoms in total. The number of carbonyl (C=O) groups is 1. The largest absolute Gasteiger partial charge is 0.491 e. The normalized spacial score (nSPS) is 10.0. The van der Waals surface area contributed by atoms with Crippen molar-refractivity contribution in [3.8, 4) is 5.75 Å². The van der Waals surface area contributed by atoms with E-state index in [2.05, 4.69) is 20.4 Å². The quantitative estimate of drug-likeness (QED) is 0.911. The molecule has 0 unspecified atom stereocenters. The molecule has 2 N–H and O–H groups in total. The van der Waals surface area contributed by atoms with Crippen LogP contribution < -0.4 is 15.4 Å². The monoisotopic (exact) mass is 293 g/mol. The van der Waals surface area contributed by atoms with E-state index in [0.29, 0.717) is 0 Å². The van der Waals surface area contributed by atoms with Gasteiger partial charge in [-0.1, -0.05) is 6.07 Å². The van der Waals surface area contributed by atoms with E-state index in [4.69, 9.17) is 0 Å². The predicted molar refractivity (Wildman–Crippen MR) is 73.0 cm³/mol. The van der Waals surface area contributed by atoms with E-state index in [1.165, 1.54) is 0 Å². The first-order valence-electron chi connectivity index (χ1n) is 6.07. The highest BCUT2D eigenvalue weighted by Crippen LogP contribution is 2.25. The molecule has 0 radical (unpaired) electrons. The van der Waals surface area contributed by atoms with Crippen LogP contribution in [0.25, 0.3) is 0 Å². The van der Waals surface area contributed by atoms with Gasteiger partial charge in [0, 0.05) is 36.8 Å². The van der Waals surface area contributed by atoms with Crippen LogP contribution in [0, 0.1) is 11.6 Å². The molecule has 1 aromatic carbocycles. The molecular weight excluding hydrogens is 280 g/mol. The van der Waals surface area contributed by atoms with Gasteiger partial charge in [-0.2, -0.15) is 0 Å². The number of anilines is 1. The lowest BCUT2D eigenvalue weighted by Gasteiger charge is -2.09. The SMILES string of the molecule is COc1c(F)cc(NC(=O)NCc2cccnc2)cc1F. The fourth-order valence-corrected chi connectivity index (χ4v) is 1.69. The first kappa shape index (κ1) is 14.7. The van der Waals surface area contributed by atoms with E-state index in [-0.39, 0.29) is 12.2 Å². The number of aromatic nitrogens is 1. The van der Waals surface area contributed by atoms with Crippen LogP contribution in [-0.2, 0) is 6.54 Å². The second-order valence-electron chi connectivity index (χ2n) is 4.14. The van der Waals surface area contributed by atoms with E-state index < -0.39 is 23.4 Å². The molecule has 110 valence electrons. The minimum Gasteiger partial charge on any atom is -0.491 e. The van der Waals surface area contributed by atoms with Crippen molar-refractivity contribution in [2.24, 2.45) is 0 Å². The van der Waals surface area contributed by atoms with Gasteiger partial charge in [0.25, 0.3) is 0 Å². The Morgan fingerprint density at radius 1 is 1.33 bits per heavy atom. The Morgan fingerprint density at radius 2 is 2.05 bits per heavy atom. The van der Waals surface area contributed by atoms with E-state index in [1.54, 1.807) is 24.5 Å². The van der Waals surface area contributed by atoms with Crippen LogP contribution in [0.5, 0.6) is 5.75 Å². The molecule has 0 atom stereocenters. The number of benzene rings is 1. The summed E-state index contributed by atoms with van der Waals surface area (Å²) in [5.74, 6) is -2.27. The zero-order valence-electron chi connectivity index (χ0n) is 11.2. The van der Waals surface area contributed by atoms with Crippen LogP contribution in [-0.4, -0.2) is 18.1 Å². The average Bonchev–Trinajstić information content (AvgIpc) is 2.46. The summed E-state index contributed by atoms with van der Waals surface area (Å²) < 4.78 is 31.5. The Labute approximate surface area is 120 Å². The molecule has 2 amide bonds. The Bertz CT molecular complexity index is 612. The summed E-state index contributed by atoms with van der Waals surface area (Å²) in [6, 6.07) is 4.91. The van der Waals surface area contributed by atoms with Crippen molar-refractivity contribution in [2.45, 2.75) is 6.54 Å². The molecule has 0 saturated carbocycles. The van der Waals surface area contributed by atoms with Crippen LogP contribution in [0.1, 0.15) is 5.56 Å². The summed E-state index contributed by atoms with van der Waals surface area (Å²) in [4.78, 5) is 15.5. The third kappa shape index (κ3) is 3.88. The molecular formula is C14H13F2N3O2. The average molecular weight is 293 g/mol. The van der Waals surface area contributed by atoms with Gasteiger partial charge >= 0.3 is 6.03 Å². The predicted octanol–water partition coefficient (Wildman–Crippen LogP) is 2.69. The summed E-state index contributed by atoms with van der Waals surface area (Å²) in [7, 11) is 1.16. The Hall–Kier alpha value is -2.70. The van der Waals surface area contributed by atoms with Gasteiger partial charge in [-0.15, -0.1) is 0 Å². The summed E-state index contributed by atoms with van der Waals surface area (Å²) in [5, 5.41) is 4.89. The number of urea groups is 1. The number of rotatable bonds is 4. The van der Waals surface area contributed by atoms with Crippen LogP contribution >= 0.6 is 0 Å². The summed E-state index contributed by atoms with van der Waals surface area (Å²) in [5.41, 5.74) is 0.800. The number of pyridine rings is 1. The van der Waals surface area contributed by atoms with Gasteiger partial charge in [-0.25, -0.2) is 13.6 Å². The van der Waals surface area contributed by atoms with E-state index in [0.717, 1.165) is 24.8 Å². The smallest absolute Gasteiger partial charge is 0.319 e. The van der Waals surface area contributed by atoms with Crippen LogP contribution in [0.4, 0.5) is 19.3 Å². The molecule has 0 saturated heterocycles. The minimum atomic E-state index is -0.889. The third-order valence-electron chi connectivity index (χ3n) is 2.64. The fraction of sp³-hybridized carbons (Fsp3) is 0.143.